The molecule has 0 radical (unpaired) electrons. The van der Waals surface area contributed by atoms with E-state index in [1.165, 1.54) is 19.4 Å². The number of nitriles is 1. The van der Waals surface area contributed by atoms with E-state index in [1.54, 1.807) is 0 Å². The van der Waals surface area contributed by atoms with Gasteiger partial charge in [0.2, 0.25) is 0 Å². The van der Waals surface area contributed by atoms with Gasteiger partial charge >= 0.3 is 0 Å². The maximum absolute atomic E-state index is 9.23. The highest BCUT2D eigenvalue weighted by Gasteiger charge is 2.29. The van der Waals surface area contributed by atoms with Gasteiger partial charge in [0.25, 0.3) is 0 Å². The number of likely N-dealkylation sites (tertiary alicyclic amines) is 1. The van der Waals surface area contributed by atoms with Crippen LogP contribution in [0.15, 0.2) is 0 Å². The van der Waals surface area contributed by atoms with E-state index in [0.717, 1.165) is 31.5 Å². The van der Waals surface area contributed by atoms with E-state index >= 15 is 0 Å². The van der Waals surface area contributed by atoms with E-state index in [1.807, 2.05) is 6.92 Å². The molecule has 2 unspecified atom stereocenters. The normalized spacial score (nSPS) is 24.8. The third-order valence-corrected chi connectivity index (χ3v) is 3.90. The zero-order valence-electron chi connectivity index (χ0n) is 11.8. The van der Waals surface area contributed by atoms with Crippen molar-refractivity contribution < 1.29 is 0 Å². The summed E-state index contributed by atoms with van der Waals surface area (Å²) in [5.41, 5.74) is -0.362. The molecule has 98 valence electrons. The van der Waals surface area contributed by atoms with Gasteiger partial charge in [-0.2, -0.15) is 5.26 Å². The van der Waals surface area contributed by atoms with E-state index in [-0.39, 0.29) is 5.54 Å². The van der Waals surface area contributed by atoms with Crippen LogP contribution in [-0.4, -0.2) is 36.1 Å². The Kier molecular flexibility index (Phi) is 5.42. The van der Waals surface area contributed by atoms with Gasteiger partial charge in [-0.15, -0.1) is 0 Å². The first-order valence-corrected chi connectivity index (χ1v) is 6.92. The first-order chi connectivity index (χ1) is 8.02. The Hall–Kier alpha value is -0.590. The lowest BCUT2D eigenvalue weighted by Crippen LogP contribution is -2.45. The van der Waals surface area contributed by atoms with E-state index in [2.05, 4.69) is 37.1 Å². The van der Waals surface area contributed by atoms with Gasteiger partial charge in [0, 0.05) is 12.6 Å². The molecule has 0 saturated carbocycles. The van der Waals surface area contributed by atoms with Crippen LogP contribution in [0, 0.1) is 17.2 Å². The molecule has 1 fully saturated rings. The molecule has 3 nitrogen and oxygen atoms in total. The minimum absolute atomic E-state index is 0.362. The van der Waals surface area contributed by atoms with Crippen LogP contribution in [0.2, 0.25) is 0 Å². The monoisotopic (exact) mass is 237 g/mol. The third kappa shape index (κ3) is 3.97. The Bertz CT molecular complexity index is 269. The molecular weight excluding hydrogens is 210 g/mol. The van der Waals surface area contributed by atoms with Gasteiger partial charge in [0.1, 0.15) is 5.54 Å². The first-order valence-electron chi connectivity index (χ1n) is 6.92. The Labute approximate surface area is 106 Å². The van der Waals surface area contributed by atoms with Crippen molar-refractivity contribution in [3.05, 3.63) is 0 Å². The van der Waals surface area contributed by atoms with Gasteiger partial charge in [-0.25, -0.2) is 0 Å². The number of rotatable bonds is 6. The first kappa shape index (κ1) is 14.5. The number of nitrogens with one attached hydrogen (secondary N) is 1. The molecule has 17 heavy (non-hydrogen) atoms. The highest BCUT2D eigenvalue weighted by molar-refractivity contribution is 5.04. The molecule has 0 aromatic carbocycles. The summed E-state index contributed by atoms with van der Waals surface area (Å²) in [6, 6.07) is 3.13. The maximum Gasteiger partial charge on any atom is 0.105 e. The Morgan fingerprint density at radius 1 is 1.53 bits per heavy atom. The minimum Gasteiger partial charge on any atom is -0.300 e. The molecule has 1 heterocycles. The Balaban J connectivity index is 2.47. The predicted octanol–water partition coefficient (Wildman–Crippen LogP) is 2.39. The third-order valence-electron chi connectivity index (χ3n) is 3.90. The number of hydrogen-bond donors (Lipinski definition) is 1. The maximum atomic E-state index is 9.23. The molecule has 0 amide bonds. The molecule has 1 saturated heterocycles. The van der Waals surface area contributed by atoms with Crippen molar-refractivity contribution in [1.82, 2.24) is 10.2 Å². The summed E-state index contributed by atoms with van der Waals surface area (Å²) >= 11 is 0. The highest BCUT2D eigenvalue weighted by Crippen LogP contribution is 2.24. The predicted molar refractivity (Wildman–Crippen MR) is 71.7 cm³/mol. The second kappa shape index (κ2) is 6.37. The molecule has 0 aromatic heterocycles. The van der Waals surface area contributed by atoms with Gasteiger partial charge in [0.15, 0.2) is 0 Å². The van der Waals surface area contributed by atoms with Crippen LogP contribution in [0.3, 0.4) is 0 Å². The molecule has 0 aromatic rings. The van der Waals surface area contributed by atoms with Crippen molar-refractivity contribution in [3.8, 4) is 6.07 Å². The largest absolute Gasteiger partial charge is 0.300 e. The molecular formula is C14H27N3. The van der Waals surface area contributed by atoms with Gasteiger partial charge in [-0.05, 0) is 45.2 Å². The van der Waals surface area contributed by atoms with Crippen molar-refractivity contribution in [2.45, 2.75) is 58.5 Å². The summed E-state index contributed by atoms with van der Waals surface area (Å²) in [5.74, 6) is 0.727. The van der Waals surface area contributed by atoms with Crippen molar-refractivity contribution in [2.24, 2.45) is 5.92 Å². The van der Waals surface area contributed by atoms with Crippen molar-refractivity contribution in [3.63, 3.8) is 0 Å². The summed E-state index contributed by atoms with van der Waals surface area (Å²) in [7, 11) is 0. The summed E-state index contributed by atoms with van der Waals surface area (Å²) < 4.78 is 0. The minimum atomic E-state index is -0.362. The van der Waals surface area contributed by atoms with Gasteiger partial charge in [0.05, 0.1) is 6.07 Å². The summed E-state index contributed by atoms with van der Waals surface area (Å²) in [6.07, 6.45) is 3.55. The molecule has 1 N–H and O–H groups in total. The van der Waals surface area contributed by atoms with E-state index in [9.17, 15) is 5.26 Å². The van der Waals surface area contributed by atoms with Crippen LogP contribution in [-0.2, 0) is 0 Å². The lowest BCUT2D eigenvalue weighted by atomic mass is 9.97. The number of nitrogens with zero attached hydrogens (tertiary/aromatic N) is 2. The SMILES string of the molecule is CCNC(C)(C#N)CCN1CCCC1C(C)C. The molecule has 1 aliphatic rings. The van der Waals surface area contributed by atoms with Gasteiger partial charge in [-0.1, -0.05) is 20.8 Å². The van der Waals surface area contributed by atoms with Crippen LogP contribution in [0.5, 0.6) is 0 Å². The molecule has 0 spiro atoms. The number of hydrogen-bond acceptors (Lipinski definition) is 3. The molecule has 2 atom stereocenters. The second-order valence-corrected chi connectivity index (χ2v) is 5.71. The van der Waals surface area contributed by atoms with Gasteiger partial charge < -0.3 is 4.90 Å². The average Bonchev–Trinajstić information content (AvgIpc) is 2.75. The van der Waals surface area contributed by atoms with Crippen LogP contribution < -0.4 is 5.32 Å². The van der Waals surface area contributed by atoms with Gasteiger partial charge in [-0.3, -0.25) is 5.32 Å². The molecule has 0 aliphatic carbocycles. The topological polar surface area (TPSA) is 39.1 Å². The fraction of sp³-hybridized carbons (Fsp3) is 0.929. The van der Waals surface area contributed by atoms with Crippen LogP contribution in [0.25, 0.3) is 0 Å². The van der Waals surface area contributed by atoms with Crippen molar-refractivity contribution in [1.29, 1.82) is 5.26 Å². The zero-order chi connectivity index (χ0) is 12.9. The van der Waals surface area contributed by atoms with Crippen molar-refractivity contribution in [2.75, 3.05) is 19.6 Å². The Morgan fingerprint density at radius 3 is 2.76 bits per heavy atom. The van der Waals surface area contributed by atoms with Crippen molar-refractivity contribution >= 4 is 0 Å². The molecule has 1 aliphatic heterocycles. The Morgan fingerprint density at radius 2 is 2.24 bits per heavy atom. The lowest BCUT2D eigenvalue weighted by molar-refractivity contribution is 0.190. The molecule has 1 rings (SSSR count). The fourth-order valence-corrected chi connectivity index (χ4v) is 2.83. The standard InChI is InChI=1S/C14H27N3/c1-5-16-14(4,11-15)8-10-17-9-6-7-13(17)12(2)3/h12-13,16H,5-10H2,1-4H3. The van der Waals surface area contributed by atoms with Crippen LogP contribution >= 0.6 is 0 Å². The van der Waals surface area contributed by atoms with E-state index < -0.39 is 0 Å². The molecule has 0 bridgehead atoms. The smallest absolute Gasteiger partial charge is 0.105 e. The summed E-state index contributed by atoms with van der Waals surface area (Å²) in [5, 5.41) is 12.5. The van der Waals surface area contributed by atoms with E-state index in [4.69, 9.17) is 0 Å². The highest BCUT2D eigenvalue weighted by atomic mass is 15.2. The quantitative estimate of drug-likeness (QED) is 0.771. The molecule has 3 heteroatoms. The van der Waals surface area contributed by atoms with Crippen LogP contribution in [0.1, 0.15) is 47.0 Å². The average molecular weight is 237 g/mol. The summed E-state index contributed by atoms with van der Waals surface area (Å²) in [6.45, 7) is 11.8. The van der Waals surface area contributed by atoms with E-state index in [0.29, 0.717) is 0 Å². The summed E-state index contributed by atoms with van der Waals surface area (Å²) in [4.78, 5) is 2.57. The second-order valence-electron chi connectivity index (χ2n) is 5.71. The lowest BCUT2D eigenvalue weighted by Gasteiger charge is -2.31. The fourth-order valence-electron chi connectivity index (χ4n) is 2.83. The van der Waals surface area contributed by atoms with Crippen LogP contribution in [0.4, 0.5) is 0 Å². The zero-order valence-corrected chi connectivity index (χ0v) is 11.8.